The molecule has 0 saturated heterocycles. The van der Waals surface area contributed by atoms with Gasteiger partial charge >= 0.3 is 18.1 Å². The Morgan fingerprint density at radius 3 is 1.84 bits per heavy atom. The first-order valence-electron chi connectivity index (χ1n) is 8.82. The summed E-state index contributed by atoms with van der Waals surface area (Å²) >= 11 is 0. The molecule has 0 N–H and O–H groups in total. The van der Waals surface area contributed by atoms with E-state index in [0.717, 1.165) is 19.3 Å². The molecule has 0 spiro atoms. The molecule has 0 bridgehead atoms. The molecule has 0 fully saturated rings. The van der Waals surface area contributed by atoms with E-state index in [0.29, 0.717) is 6.42 Å². The Kier molecular flexibility index (Phi) is 13.2. The number of ether oxygens (including phenoxy) is 2. The van der Waals surface area contributed by atoms with E-state index in [1.54, 1.807) is 0 Å². The van der Waals surface area contributed by atoms with Gasteiger partial charge in [-0.2, -0.15) is 13.2 Å². The molecular weight excluding hydrogens is 344 g/mol. The standard InChI is InChI=1S/C17H28F4O4/c1-2-3-4-5-6-7-8-9-10-11-14(22)24-12-13-25-16(23)15(18)17(19,20)21/h15H,2-13H2,1H3. The van der Waals surface area contributed by atoms with Crippen LogP contribution in [0.4, 0.5) is 17.6 Å². The molecule has 0 saturated carbocycles. The Morgan fingerprint density at radius 1 is 0.840 bits per heavy atom. The molecule has 8 heteroatoms. The molecule has 0 radical (unpaired) electrons. The lowest BCUT2D eigenvalue weighted by molar-refractivity contribution is -0.202. The van der Waals surface area contributed by atoms with Crippen molar-refractivity contribution in [1.82, 2.24) is 0 Å². The maximum Gasteiger partial charge on any atom is 0.430 e. The summed E-state index contributed by atoms with van der Waals surface area (Å²) in [5, 5.41) is 0. The molecule has 0 amide bonds. The van der Waals surface area contributed by atoms with E-state index < -0.39 is 30.9 Å². The maximum absolute atomic E-state index is 12.5. The Morgan fingerprint density at radius 2 is 1.32 bits per heavy atom. The van der Waals surface area contributed by atoms with Crippen LogP contribution in [-0.2, 0) is 19.1 Å². The van der Waals surface area contributed by atoms with E-state index in [2.05, 4.69) is 11.7 Å². The Balaban J connectivity index is 3.49. The minimum atomic E-state index is -5.29. The van der Waals surface area contributed by atoms with E-state index in [1.807, 2.05) is 0 Å². The molecule has 0 aromatic rings. The Labute approximate surface area is 146 Å². The number of unbranched alkanes of at least 4 members (excludes halogenated alkanes) is 8. The van der Waals surface area contributed by atoms with Gasteiger partial charge in [-0.3, -0.25) is 4.79 Å². The van der Waals surface area contributed by atoms with Gasteiger partial charge in [-0.15, -0.1) is 0 Å². The SMILES string of the molecule is CCCCCCCCCCCC(=O)OCCOC(=O)C(F)C(F)(F)F. The van der Waals surface area contributed by atoms with Gasteiger partial charge in [0.25, 0.3) is 6.17 Å². The normalized spacial score (nSPS) is 12.7. The second-order valence-electron chi connectivity index (χ2n) is 5.87. The maximum atomic E-state index is 12.5. The molecule has 0 aromatic carbocycles. The smallest absolute Gasteiger partial charge is 0.430 e. The van der Waals surface area contributed by atoms with Crippen molar-refractivity contribution in [3.05, 3.63) is 0 Å². The minimum absolute atomic E-state index is 0.206. The fourth-order valence-corrected chi connectivity index (χ4v) is 2.16. The lowest BCUT2D eigenvalue weighted by atomic mass is 10.1. The highest BCUT2D eigenvalue weighted by Crippen LogP contribution is 2.23. The van der Waals surface area contributed by atoms with Crippen LogP contribution in [0.2, 0.25) is 0 Å². The highest BCUT2D eigenvalue weighted by Gasteiger charge is 2.46. The zero-order valence-electron chi connectivity index (χ0n) is 14.7. The van der Waals surface area contributed by atoms with Crippen molar-refractivity contribution in [3.8, 4) is 0 Å². The summed E-state index contributed by atoms with van der Waals surface area (Å²) in [6, 6.07) is 0. The monoisotopic (exact) mass is 372 g/mol. The lowest BCUT2D eigenvalue weighted by Gasteiger charge is -2.11. The van der Waals surface area contributed by atoms with Crippen LogP contribution in [0.5, 0.6) is 0 Å². The number of esters is 2. The molecule has 25 heavy (non-hydrogen) atoms. The van der Waals surface area contributed by atoms with E-state index in [-0.39, 0.29) is 13.0 Å². The molecule has 1 unspecified atom stereocenters. The number of hydrogen-bond acceptors (Lipinski definition) is 4. The van der Waals surface area contributed by atoms with Gasteiger partial charge in [0, 0.05) is 6.42 Å². The van der Waals surface area contributed by atoms with E-state index in [9.17, 15) is 27.2 Å². The third kappa shape index (κ3) is 13.6. The topological polar surface area (TPSA) is 52.6 Å². The number of carbonyl (C=O) groups excluding carboxylic acids is 2. The lowest BCUT2D eigenvalue weighted by Crippen LogP contribution is -2.34. The number of hydrogen-bond donors (Lipinski definition) is 0. The largest absolute Gasteiger partial charge is 0.462 e. The number of alkyl halides is 4. The van der Waals surface area contributed by atoms with E-state index in [4.69, 9.17) is 4.74 Å². The number of halogens is 4. The van der Waals surface area contributed by atoms with Crippen LogP contribution in [0.1, 0.15) is 71.1 Å². The van der Waals surface area contributed by atoms with Crippen LogP contribution in [0, 0.1) is 0 Å². The highest BCUT2D eigenvalue weighted by molar-refractivity contribution is 5.75. The van der Waals surface area contributed by atoms with Crippen LogP contribution in [-0.4, -0.2) is 37.5 Å². The summed E-state index contributed by atoms with van der Waals surface area (Å²) in [5.74, 6) is -2.53. The number of rotatable bonds is 14. The van der Waals surface area contributed by atoms with Gasteiger partial charge in [0.1, 0.15) is 13.2 Å². The van der Waals surface area contributed by atoms with Crippen molar-refractivity contribution < 1.29 is 36.6 Å². The van der Waals surface area contributed by atoms with Gasteiger partial charge in [-0.1, -0.05) is 58.3 Å². The molecule has 1 atom stereocenters. The quantitative estimate of drug-likeness (QED) is 0.247. The van der Waals surface area contributed by atoms with Gasteiger partial charge in [0.15, 0.2) is 0 Å². The first-order valence-corrected chi connectivity index (χ1v) is 8.82. The second kappa shape index (κ2) is 13.9. The van der Waals surface area contributed by atoms with E-state index >= 15 is 0 Å². The van der Waals surface area contributed by atoms with Gasteiger partial charge < -0.3 is 9.47 Å². The molecular formula is C17H28F4O4. The first-order chi connectivity index (χ1) is 11.8. The fraction of sp³-hybridized carbons (Fsp3) is 0.882. The van der Waals surface area contributed by atoms with Crippen LogP contribution in [0.15, 0.2) is 0 Å². The summed E-state index contributed by atoms with van der Waals surface area (Å²) in [4.78, 5) is 22.1. The molecule has 4 nitrogen and oxygen atoms in total. The molecule has 0 aliphatic carbocycles. The van der Waals surface area contributed by atoms with Crippen LogP contribution in [0.3, 0.4) is 0 Å². The molecule has 0 aliphatic rings. The van der Waals surface area contributed by atoms with Crippen LogP contribution in [0.25, 0.3) is 0 Å². The third-order valence-corrected chi connectivity index (χ3v) is 3.57. The zero-order valence-corrected chi connectivity index (χ0v) is 14.7. The predicted molar refractivity (Wildman–Crippen MR) is 84.7 cm³/mol. The van der Waals surface area contributed by atoms with Crippen molar-refractivity contribution >= 4 is 11.9 Å². The summed E-state index contributed by atoms with van der Waals surface area (Å²) in [6.45, 7) is 1.19. The van der Waals surface area contributed by atoms with Gasteiger partial charge in [0.2, 0.25) is 0 Å². The van der Waals surface area contributed by atoms with Gasteiger partial charge in [0.05, 0.1) is 0 Å². The Hall–Kier alpha value is -1.34. The zero-order chi connectivity index (χ0) is 19.1. The average Bonchev–Trinajstić information content (AvgIpc) is 2.55. The van der Waals surface area contributed by atoms with Crippen molar-refractivity contribution in [2.24, 2.45) is 0 Å². The fourth-order valence-electron chi connectivity index (χ4n) is 2.16. The first kappa shape index (κ1) is 23.7. The van der Waals surface area contributed by atoms with Crippen molar-refractivity contribution in [2.75, 3.05) is 13.2 Å². The summed E-state index contributed by atoms with van der Waals surface area (Å²) in [7, 11) is 0. The minimum Gasteiger partial charge on any atom is -0.462 e. The third-order valence-electron chi connectivity index (χ3n) is 3.57. The molecule has 0 heterocycles. The summed E-state index contributed by atoms with van der Waals surface area (Å²) in [5.41, 5.74) is 0. The summed E-state index contributed by atoms with van der Waals surface area (Å²) < 4.78 is 57.0. The van der Waals surface area contributed by atoms with Gasteiger partial charge in [-0.05, 0) is 6.42 Å². The van der Waals surface area contributed by atoms with Crippen molar-refractivity contribution in [2.45, 2.75) is 83.5 Å². The average molecular weight is 372 g/mol. The van der Waals surface area contributed by atoms with Crippen molar-refractivity contribution in [1.29, 1.82) is 0 Å². The molecule has 0 rings (SSSR count). The van der Waals surface area contributed by atoms with E-state index in [1.165, 1.54) is 32.1 Å². The molecule has 0 aromatic heterocycles. The Bertz CT molecular complexity index is 372. The van der Waals surface area contributed by atoms with Gasteiger partial charge in [-0.25, -0.2) is 9.18 Å². The molecule has 0 aliphatic heterocycles. The van der Waals surface area contributed by atoms with Crippen LogP contribution >= 0.6 is 0 Å². The van der Waals surface area contributed by atoms with Crippen LogP contribution < -0.4 is 0 Å². The van der Waals surface area contributed by atoms with Crippen molar-refractivity contribution in [3.63, 3.8) is 0 Å². The molecule has 148 valence electrons. The summed E-state index contributed by atoms with van der Waals surface area (Å²) in [6.07, 6.45) is 1.20. The predicted octanol–water partition coefficient (Wildman–Crippen LogP) is 4.89. The number of carbonyl (C=O) groups is 2. The second-order valence-corrected chi connectivity index (χ2v) is 5.87. The highest BCUT2D eigenvalue weighted by atomic mass is 19.4.